The van der Waals surface area contributed by atoms with Crippen LogP contribution in [0.2, 0.25) is 0 Å². The zero-order valence-corrected chi connectivity index (χ0v) is 18.1. The summed E-state index contributed by atoms with van der Waals surface area (Å²) in [5, 5.41) is 5.37. The Morgan fingerprint density at radius 2 is 1.56 bits per heavy atom. The first kappa shape index (κ1) is 23.8. The molecule has 0 fully saturated rings. The van der Waals surface area contributed by atoms with Crippen molar-refractivity contribution in [3.05, 3.63) is 63.2 Å². The Kier molecular flexibility index (Phi) is 7.26. The topological polar surface area (TPSA) is 72.0 Å². The van der Waals surface area contributed by atoms with E-state index < -0.39 is 30.5 Å². The van der Waals surface area contributed by atoms with Gasteiger partial charge in [0.2, 0.25) is 11.9 Å². The fourth-order valence-electron chi connectivity index (χ4n) is 2.39. The minimum absolute atomic E-state index is 0.0172. The quantitative estimate of drug-likeness (QED) is 0.277. The second-order valence-electron chi connectivity index (χ2n) is 6.35. The zero-order valence-electron chi connectivity index (χ0n) is 15.9. The van der Waals surface area contributed by atoms with Crippen molar-refractivity contribution in [2.24, 2.45) is 0 Å². The van der Waals surface area contributed by atoms with Crippen LogP contribution in [0.1, 0.15) is 11.1 Å². The largest absolute Gasteiger partial charge is 0.454 e. The van der Waals surface area contributed by atoms with Crippen molar-refractivity contribution in [2.45, 2.75) is 18.9 Å². The molecule has 0 spiro atoms. The summed E-state index contributed by atoms with van der Waals surface area (Å²) >= 11 is 2.14. The molecule has 0 radical (unpaired) electrons. The van der Waals surface area contributed by atoms with Crippen molar-refractivity contribution in [1.29, 1.82) is 0 Å². The molecule has 0 unspecified atom stereocenters. The molecule has 0 aliphatic rings. The predicted octanol–water partition coefficient (Wildman–Crippen LogP) is 5.79. The maximum atomic E-state index is 12.9. The molecule has 3 rings (SSSR count). The first-order valence-corrected chi connectivity index (χ1v) is 9.94. The molecule has 0 saturated heterocycles. The van der Waals surface area contributed by atoms with Crippen molar-refractivity contribution in [2.75, 3.05) is 17.2 Å². The number of hydrogen-bond donors (Lipinski definition) is 2. The molecular formula is C19H14F6IN5O. The Hall–Kier alpha value is -2.84. The number of halogens is 7. The highest BCUT2D eigenvalue weighted by molar-refractivity contribution is 14.1. The summed E-state index contributed by atoms with van der Waals surface area (Å²) in [5.74, 6) is -0.410. The number of benzene rings is 2. The standard InChI is InChI=1S/C19H14F6IN5O/c20-18(21,22)10-32-17-30-15(27-9-11-4-6-13(26)7-5-11)29-16(31-17)28-14-3-1-2-12(8-14)19(23,24)25/h1-8H,9-10H2,(H2,27,28,29,30,31). The third-order valence-electron chi connectivity index (χ3n) is 3.79. The molecule has 13 heteroatoms. The van der Waals surface area contributed by atoms with E-state index >= 15 is 0 Å². The molecule has 0 atom stereocenters. The zero-order chi connectivity index (χ0) is 23.4. The van der Waals surface area contributed by atoms with Gasteiger partial charge in [0.15, 0.2) is 6.61 Å². The molecule has 0 saturated carbocycles. The van der Waals surface area contributed by atoms with Crippen LogP contribution in [0.5, 0.6) is 6.01 Å². The summed E-state index contributed by atoms with van der Waals surface area (Å²) in [7, 11) is 0. The van der Waals surface area contributed by atoms with Gasteiger partial charge in [0, 0.05) is 15.8 Å². The van der Waals surface area contributed by atoms with Gasteiger partial charge in [-0.1, -0.05) is 18.2 Å². The van der Waals surface area contributed by atoms with Gasteiger partial charge in [-0.2, -0.15) is 41.3 Å². The van der Waals surface area contributed by atoms with E-state index in [-0.39, 0.29) is 24.1 Å². The Morgan fingerprint density at radius 3 is 2.22 bits per heavy atom. The number of hydrogen-bond acceptors (Lipinski definition) is 6. The number of aromatic nitrogens is 3. The average molecular weight is 569 g/mol. The minimum atomic E-state index is -4.63. The summed E-state index contributed by atoms with van der Waals surface area (Å²) in [6, 6.07) is 10.9. The van der Waals surface area contributed by atoms with Gasteiger partial charge in [0.25, 0.3) is 0 Å². The van der Waals surface area contributed by atoms with Crippen LogP contribution in [0, 0.1) is 3.57 Å². The van der Waals surface area contributed by atoms with E-state index in [2.05, 4.69) is 52.9 Å². The lowest BCUT2D eigenvalue weighted by molar-refractivity contribution is -0.154. The van der Waals surface area contributed by atoms with Crippen LogP contribution < -0.4 is 15.4 Å². The molecule has 0 aliphatic heterocycles. The molecule has 2 N–H and O–H groups in total. The van der Waals surface area contributed by atoms with E-state index in [4.69, 9.17) is 0 Å². The molecule has 1 aromatic heterocycles. The molecule has 32 heavy (non-hydrogen) atoms. The van der Waals surface area contributed by atoms with Crippen LogP contribution in [0.25, 0.3) is 0 Å². The molecule has 170 valence electrons. The maximum Gasteiger partial charge on any atom is 0.422 e. The first-order chi connectivity index (χ1) is 15.0. The summed E-state index contributed by atoms with van der Waals surface area (Å²) in [5.41, 5.74) is -0.0884. The second-order valence-corrected chi connectivity index (χ2v) is 7.60. The van der Waals surface area contributed by atoms with Crippen molar-refractivity contribution < 1.29 is 31.1 Å². The van der Waals surface area contributed by atoms with Gasteiger partial charge in [-0.25, -0.2) is 0 Å². The second kappa shape index (κ2) is 9.75. The number of anilines is 3. The SMILES string of the molecule is FC(F)(F)COc1nc(NCc2ccc(I)cc2)nc(Nc2cccc(C(F)(F)F)c2)n1. The molecule has 2 aromatic carbocycles. The van der Waals surface area contributed by atoms with Crippen molar-refractivity contribution in [1.82, 2.24) is 15.0 Å². The Balaban J connectivity index is 1.83. The number of ether oxygens (including phenoxy) is 1. The lowest BCUT2D eigenvalue weighted by Crippen LogP contribution is -2.21. The van der Waals surface area contributed by atoms with Gasteiger partial charge in [-0.05, 0) is 58.5 Å². The normalized spacial score (nSPS) is 11.8. The first-order valence-electron chi connectivity index (χ1n) is 8.86. The summed E-state index contributed by atoms with van der Waals surface area (Å²) in [4.78, 5) is 11.5. The highest BCUT2D eigenvalue weighted by Crippen LogP contribution is 2.31. The van der Waals surface area contributed by atoms with Gasteiger partial charge in [0.05, 0.1) is 5.56 Å². The number of nitrogens with zero attached hydrogens (tertiary/aromatic N) is 3. The lowest BCUT2D eigenvalue weighted by atomic mass is 10.2. The number of alkyl halides is 6. The van der Waals surface area contributed by atoms with Gasteiger partial charge < -0.3 is 15.4 Å². The molecular weight excluding hydrogens is 555 g/mol. The van der Waals surface area contributed by atoms with Crippen LogP contribution >= 0.6 is 22.6 Å². The Bertz CT molecular complexity index is 1060. The molecule has 0 bridgehead atoms. The Morgan fingerprint density at radius 1 is 0.875 bits per heavy atom. The predicted molar refractivity (Wildman–Crippen MR) is 113 cm³/mol. The van der Waals surface area contributed by atoms with Crippen LogP contribution in [-0.2, 0) is 12.7 Å². The summed E-state index contributed by atoms with van der Waals surface area (Å²) < 4.78 is 81.9. The fourth-order valence-corrected chi connectivity index (χ4v) is 2.75. The van der Waals surface area contributed by atoms with E-state index in [1.807, 2.05) is 24.3 Å². The highest BCUT2D eigenvalue weighted by Gasteiger charge is 2.31. The van der Waals surface area contributed by atoms with E-state index in [1.54, 1.807) is 0 Å². The van der Waals surface area contributed by atoms with Crippen molar-refractivity contribution >= 4 is 40.2 Å². The van der Waals surface area contributed by atoms with Gasteiger partial charge in [-0.15, -0.1) is 0 Å². The summed E-state index contributed by atoms with van der Waals surface area (Å²) in [6.07, 6.45) is -9.20. The molecule has 0 amide bonds. The number of rotatable bonds is 7. The molecule has 0 aliphatic carbocycles. The maximum absolute atomic E-state index is 12.9. The van der Waals surface area contributed by atoms with Crippen LogP contribution in [0.4, 0.5) is 43.9 Å². The van der Waals surface area contributed by atoms with Gasteiger partial charge >= 0.3 is 18.4 Å². The van der Waals surface area contributed by atoms with Gasteiger partial charge in [0.1, 0.15) is 0 Å². The summed E-state index contributed by atoms with van der Waals surface area (Å²) in [6.45, 7) is -1.40. The third-order valence-corrected chi connectivity index (χ3v) is 4.51. The highest BCUT2D eigenvalue weighted by atomic mass is 127. The van der Waals surface area contributed by atoms with E-state index in [1.165, 1.54) is 12.1 Å². The fraction of sp³-hybridized carbons (Fsp3) is 0.211. The van der Waals surface area contributed by atoms with Crippen LogP contribution in [0.15, 0.2) is 48.5 Å². The van der Waals surface area contributed by atoms with Gasteiger partial charge in [-0.3, -0.25) is 0 Å². The molecule has 3 aromatic rings. The number of nitrogens with one attached hydrogen (secondary N) is 2. The smallest absolute Gasteiger partial charge is 0.422 e. The Labute approximate surface area is 191 Å². The van der Waals surface area contributed by atoms with Crippen LogP contribution in [-0.4, -0.2) is 27.7 Å². The molecule has 1 heterocycles. The average Bonchev–Trinajstić information content (AvgIpc) is 2.71. The third kappa shape index (κ3) is 7.39. The van der Waals surface area contributed by atoms with Crippen molar-refractivity contribution in [3.8, 4) is 6.01 Å². The minimum Gasteiger partial charge on any atom is -0.454 e. The van der Waals surface area contributed by atoms with E-state index in [9.17, 15) is 26.3 Å². The monoisotopic (exact) mass is 569 g/mol. The molecule has 6 nitrogen and oxygen atoms in total. The lowest BCUT2D eigenvalue weighted by Gasteiger charge is -2.13. The van der Waals surface area contributed by atoms with Crippen LogP contribution in [0.3, 0.4) is 0 Å². The van der Waals surface area contributed by atoms with Crippen molar-refractivity contribution in [3.63, 3.8) is 0 Å². The van der Waals surface area contributed by atoms with E-state index in [0.29, 0.717) is 0 Å². The van der Waals surface area contributed by atoms with E-state index in [0.717, 1.165) is 21.3 Å².